The number of hydrogen-bond acceptors (Lipinski definition) is 4. The lowest BCUT2D eigenvalue weighted by Crippen LogP contribution is -2.37. The Kier molecular flexibility index (Phi) is 6.07. The van der Waals surface area contributed by atoms with Crippen molar-refractivity contribution in [1.29, 1.82) is 0 Å². The van der Waals surface area contributed by atoms with Crippen LogP contribution in [0.25, 0.3) is 16.6 Å². The zero-order chi connectivity index (χ0) is 22.7. The average molecular weight is 433 g/mol. The molecule has 32 heavy (non-hydrogen) atoms. The van der Waals surface area contributed by atoms with Crippen LogP contribution in [0, 0.1) is 5.82 Å². The Balaban J connectivity index is 1.66. The lowest BCUT2D eigenvalue weighted by Gasteiger charge is -2.26. The molecule has 1 N–H and O–H groups in total. The van der Waals surface area contributed by atoms with E-state index < -0.39 is 6.10 Å². The third-order valence-electron chi connectivity index (χ3n) is 5.18. The van der Waals surface area contributed by atoms with E-state index in [0.29, 0.717) is 11.5 Å². The number of benzene rings is 3. The maximum Gasteiger partial charge on any atom is 0.217 e. The van der Waals surface area contributed by atoms with Gasteiger partial charge in [-0.1, -0.05) is 12.1 Å². The van der Waals surface area contributed by atoms with Crippen LogP contribution in [-0.4, -0.2) is 28.8 Å². The lowest BCUT2D eigenvalue weighted by atomic mass is 10.0. The first-order valence-corrected chi connectivity index (χ1v) is 10.3. The number of fused-ring (bicyclic) bond motifs is 1. The quantitative estimate of drug-likeness (QED) is 0.454. The van der Waals surface area contributed by atoms with Crippen LogP contribution in [0.5, 0.6) is 11.5 Å². The van der Waals surface area contributed by atoms with Crippen LogP contribution in [0.4, 0.5) is 4.39 Å². The van der Waals surface area contributed by atoms with Crippen LogP contribution in [0.2, 0.25) is 0 Å². The van der Waals surface area contributed by atoms with Crippen molar-refractivity contribution in [3.05, 3.63) is 84.3 Å². The second-order valence-corrected chi connectivity index (χ2v) is 7.56. The minimum absolute atomic E-state index is 0.134. The first kappa shape index (κ1) is 21.4. The van der Waals surface area contributed by atoms with Gasteiger partial charge in [-0.25, -0.2) is 9.07 Å². The van der Waals surface area contributed by atoms with Gasteiger partial charge in [0.2, 0.25) is 5.91 Å². The number of carbonyl (C=O) groups is 1. The van der Waals surface area contributed by atoms with Crippen molar-refractivity contribution in [2.75, 3.05) is 7.11 Å². The molecule has 0 aliphatic carbocycles. The topological polar surface area (TPSA) is 65.4 Å². The van der Waals surface area contributed by atoms with Gasteiger partial charge in [-0.05, 0) is 67.1 Å². The molecule has 3 aromatic carbocycles. The molecule has 0 aliphatic rings. The molecule has 0 unspecified atom stereocenters. The summed E-state index contributed by atoms with van der Waals surface area (Å²) in [6.45, 7) is 3.38. The van der Waals surface area contributed by atoms with Gasteiger partial charge in [-0.15, -0.1) is 0 Å². The molecule has 4 rings (SSSR count). The molecule has 0 saturated heterocycles. The van der Waals surface area contributed by atoms with E-state index >= 15 is 0 Å². The molecule has 2 atom stereocenters. The molecular weight excluding hydrogens is 409 g/mol. The zero-order valence-corrected chi connectivity index (χ0v) is 18.1. The van der Waals surface area contributed by atoms with Crippen LogP contribution in [-0.2, 0) is 4.79 Å². The number of rotatable bonds is 7. The van der Waals surface area contributed by atoms with E-state index in [2.05, 4.69) is 10.4 Å². The van der Waals surface area contributed by atoms with Crippen LogP contribution < -0.4 is 14.8 Å². The summed E-state index contributed by atoms with van der Waals surface area (Å²) in [5, 5.41) is 8.23. The molecule has 0 radical (unpaired) electrons. The number of nitrogens with one attached hydrogen (secondary N) is 1. The van der Waals surface area contributed by atoms with Gasteiger partial charge in [0.15, 0.2) is 0 Å². The van der Waals surface area contributed by atoms with Gasteiger partial charge in [0, 0.05) is 12.3 Å². The summed E-state index contributed by atoms with van der Waals surface area (Å²) in [7, 11) is 1.61. The second-order valence-electron chi connectivity index (χ2n) is 7.56. The molecule has 0 aliphatic heterocycles. The van der Waals surface area contributed by atoms with E-state index in [1.54, 1.807) is 30.1 Å². The largest absolute Gasteiger partial charge is 0.497 e. The summed E-state index contributed by atoms with van der Waals surface area (Å²) < 4.78 is 26.7. The van der Waals surface area contributed by atoms with Crippen LogP contribution >= 0.6 is 0 Å². The molecule has 4 aromatic rings. The van der Waals surface area contributed by atoms with Gasteiger partial charge < -0.3 is 14.8 Å². The number of hydrogen-bond donors (Lipinski definition) is 1. The number of carbonyl (C=O) groups excluding carboxylic acids is 1. The van der Waals surface area contributed by atoms with Gasteiger partial charge in [-0.2, -0.15) is 5.10 Å². The average Bonchev–Trinajstić information content (AvgIpc) is 3.20. The number of amides is 1. The minimum atomic E-state index is -0.432. The molecular formula is C25H24FN3O3. The summed E-state index contributed by atoms with van der Waals surface area (Å²) in [4.78, 5) is 11.7. The highest BCUT2D eigenvalue weighted by atomic mass is 19.1. The maximum absolute atomic E-state index is 13.3. The number of ether oxygens (including phenoxy) is 2. The Morgan fingerprint density at radius 3 is 2.56 bits per heavy atom. The van der Waals surface area contributed by atoms with Crippen molar-refractivity contribution in [1.82, 2.24) is 15.1 Å². The second kappa shape index (κ2) is 9.09. The Labute approximate surface area is 185 Å². The summed E-state index contributed by atoms with van der Waals surface area (Å²) in [6, 6.07) is 19.1. The molecule has 6 nitrogen and oxygen atoms in total. The molecule has 7 heteroatoms. The number of halogens is 1. The van der Waals surface area contributed by atoms with Crippen molar-refractivity contribution in [2.24, 2.45) is 0 Å². The number of nitrogens with zero attached hydrogens (tertiary/aromatic N) is 2. The van der Waals surface area contributed by atoms with Gasteiger partial charge in [0.05, 0.1) is 30.6 Å². The first-order chi connectivity index (χ1) is 15.4. The Bertz CT molecular complexity index is 1240. The predicted octanol–water partition coefficient (Wildman–Crippen LogP) is 4.82. The van der Waals surface area contributed by atoms with Gasteiger partial charge in [0.25, 0.3) is 0 Å². The first-order valence-electron chi connectivity index (χ1n) is 10.3. The highest BCUT2D eigenvalue weighted by molar-refractivity contribution is 5.81. The summed E-state index contributed by atoms with van der Waals surface area (Å²) in [5.41, 5.74) is 2.52. The summed E-state index contributed by atoms with van der Waals surface area (Å²) in [5.74, 6) is 0.922. The fourth-order valence-electron chi connectivity index (χ4n) is 3.69. The SMILES string of the molecule is COc1cccc([C@@H](Oc2ccc3c(cnn3-c3ccc(F)cc3)c2)[C@H](C)NC(C)=O)c1. The molecule has 164 valence electrons. The van der Waals surface area contributed by atoms with E-state index in [1.165, 1.54) is 19.1 Å². The smallest absolute Gasteiger partial charge is 0.217 e. The Hall–Kier alpha value is -3.87. The highest BCUT2D eigenvalue weighted by Crippen LogP contribution is 2.30. The lowest BCUT2D eigenvalue weighted by molar-refractivity contribution is -0.120. The molecule has 1 heterocycles. The van der Waals surface area contributed by atoms with Gasteiger partial charge >= 0.3 is 0 Å². The van der Waals surface area contributed by atoms with E-state index in [1.807, 2.05) is 49.4 Å². The molecule has 0 spiro atoms. The van der Waals surface area contributed by atoms with Crippen LogP contribution in [0.3, 0.4) is 0 Å². The normalized spacial score (nSPS) is 12.9. The molecule has 0 bridgehead atoms. The van der Waals surface area contributed by atoms with E-state index in [-0.39, 0.29) is 17.8 Å². The number of aromatic nitrogens is 2. The van der Waals surface area contributed by atoms with Crippen LogP contribution in [0.15, 0.2) is 72.9 Å². The van der Waals surface area contributed by atoms with Crippen molar-refractivity contribution < 1.29 is 18.7 Å². The van der Waals surface area contributed by atoms with Gasteiger partial charge in [-0.3, -0.25) is 4.79 Å². The van der Waals surface area contributed by atoms with Crippen LogP contribution in [0.1, 0.15) is 25.5 Å². The van der Waals surface area contributed by atoms with Crippen molar-refractivity contribution in [3.8, 4) is 17.2 Å². The predicted molar refractivity (Wildman–Crippen MR) is 121 cm³/mol. The fourth-order valence-corrected chi connectivity index (χ4v) is 3.69. The van der Waals surface area contributed by atoms with Gasteiger partial charge in [0.1, 0.15) is 23.4 Å². The van der Waals surface area contributed by atoms with E-state index in [0.717, 1.165) is 22.2 Å². The van der Waals surface area contributed by atoms with Crippen molar-refractivity contribution in [3.63, 3.8) is 0 Å². The highest BCUT2D eigenvalue weighted by Gasteiger charge is 2.23. The Morgan fingerprint density at radius 2 is 1.84 bits per heavy atom. The van der Waals surface area contributed by atoms with Crippen molar-refractivity contribution >= 4 is 16.8 Å². The van der Waals surface area contributed by atoms with E-state index in [4.69, 9.17) is 9.47 Å². The fraction of sp³-hybridized carbons (Fsp3) is 0.200. The summed E-state index contributed by atoms with van der Waals surface area (Å²) in [6.07, 6.45) is 1.31. The molecule has 1 amide bonds. The Morgan fingerprint density at radius 1 is 1.06 bits per heavy atom. The zero-order valence-electron chi connectivity index (χ0n) is 18.1. The monoisotopic (exact) mass is 433 g/mol. The summed E-state index contributed by atoms with van der Waals surface area (Å²) >= 11 is 0. The third-order valence-corrected chi connectivity index (χ3v) is 5.18. The molecule has 1 aromatic heterocycles. The standard InChI is InChI=1S/C25H24FN3O3/c1-16(28-17(2)30)25(18-5-4-6-22(13-18)31-3)32-23-11-12-24-19(14-23)15-27-29(24)21-9-7-20(26)8-10-21/h4-16,25H,1-3H3,(H,28,30)/t16-,25-/m0/s1. The minimum Gasteiger partial charge on any atom is -0.497 e. The number of methoxy groups -OCH3 is 1. The molecule has 0 fully saturated rings. The van der Waals surface area contributed by atoms with Crippen molar-refractivity contribution in [2.45, 2.75) is 26.0 Å². The third kappa shape index (κ3) is 4.56. The maximum atomic E-state index is 13.3. The molecule has 0 saturated carbocycles. The van der Waals surface area contributed by atoms with E-state index in [9.17, 15) is 9.18 Å².